The molecule has 1 aliphatic carbocycles. The van der Waals surface area contributed by atoms with Gasteiger partial charge in [0.15, 0.2) is 6.04 Å². The summed E-state index contributed by atoms with van der Waals surface area (Å²) in [4.78, 5) is 12.4. The van der Waals surface area contributed by atoms with E-state index in [2.05, 4.69) is 10.6 Å². The first-order chi connectivity index (χ1) is 10.6. The van der Waals surface area contributed by atoms with Crippen LogP contribution in [0.25, 0.3) is 0 Å². The van der Waals surface area contributed by atoms with Crippen LogP contribution in [0.3, 0.4) is 0 Å². The van der Waals surface area contributed by atoms with E-state index in [1.807, 2.05) is 6.92 Å². The Hall–Kier alpha value is -0.770. The first kappa shape index (κ1) is 17.6. The molecule has 0 radical (unpaired) electrons. The van der Waals surface area contributed by atoms with Crippen LogP contribution in [0.15, 0.2) is 18.2 Å². The predicted octanol–water partition coefficient (Wildman–Crippen LogP) is 4.00. The van der Waals surface area contributed by atoms with Crippen molar-refractivity contribution >= 4 is 34.8 Å². The van der Waals surface area contributed by atoms with Crippen molar-refractivity contribution in [1.82, 2.24) is 0 Å². The van der Waals surface area contributed by atoms with Gasteiger partial charge in [-0.15, -0.1) is 0 Å². The zero-order valence-electron chi connectivity index (χ0n) is 13.1. The molecule has 0 saturated heterocycles. The second-order valence-corrected chi connectivity index (χ2v) is 6.99. The third kappa shape index (κ3) is 5.15. The number of nitrogens with one attached hydrogen (secondary N) is 1. The van der Waals surface area contributed by atoms with Gasteiger partial charge in [0.2, 0.25) is 0 Å². The van der Waals surface area contributed by atoms with Crippen LogP contribution in [0.4, 0.5) is 5.69 Å². The monoisotopic (exact) mass is 343 g/mol. The lowest BCUT2D eigenvalue weighted by Gasteiger charge is -2.22. The van der Waals surface area contributed by atoms with Gasteiger partial charge < -0.3 is 10.6 Å². The number of anilines is 1. The number of rotatable bonds is 4. The van der Waals surface area contributed by atoms with Crippen LogP contribution in [-0.4, -0.2) is 18.0 Å². The second kappa shape index (κ2) is 8.76. The third-order valence-electron chi connectivity index (χ3n) is 4.34. The molecule has 1 amide bonds. The van der Waals surface area contributed by atoms with E-state index in [0.717, 1.165) is 0 Å². The minimum Gasteiger partial charge on any atom is -0.334 e. The maximum absolute atomic E-state index is 12.4. The van der Waals surface area contributed by atoms with Crippen LogP contribution in [0.2, 0.25) is 10.0 Å². The van der Waals surface area contributed by atoms with Gasteiger partial charge in [-0.3, -0.25) is 4.79 Å². The predicted molar refractivity (Wildman–Crippen MR) is 92.6 cm³/mol. The van der Waals surface area contributed by atoms with Gasteiger partial charge in [0, 0.05) is 0 Å². The summed E-state index contributed by atoms with van der Waals surface area (Å²) in [5.74, 6) is -0.0444. The molecule has 2 rings (SSSR count). The smallest absolute Gasteiger partial charge is 0.282 e. The van der Waals surface area contributed by atoms with Crippen molar-refractivity contribution in [3.05, 3.63) is 28.2 Å². The van der Waals surface area contributed by atoms with Crippen LogP contribution < -0.4 is 10.6 Å². The highest BCUT2D eigenvalue weighted by Gasteiger charge is 2.23. The van der Waals surface area contributed by atoms with Crippen LogP contribution in [0, 0.1) is 0 Å². The van der Waals surface area contributed by atoms with E-state index in [9.17, 15) is 4.79 Å². The molecule has 1 aromatic rings. The van der Waals surface area contributed by atoms with Crippen LogP contribution >= 0.6 is 23.2 Å². The first-order valence-corrected chi connectivity index (χ1v) is 8.93. The lowest BCUT2D eigenvalue weighted by Crippen LogP contribution is -2.96. The Balaban J connectivity index is 1.91. The summed E-state index contributed by atoms with van der Waals surface area (Å²) < 4.78 is 0. The van der Waals surface area contributed by atoms with Crippen molar-refractivity contribution in [2.24, 2.45) is 0 Å². The molecule has 5 heteroatoms. The van der Waals surface area contributed by atoms with Gasteiger partial charge in [0.1, 0.15) is 0 Å². The fraction of sp³-hybridized carbons (Fsp3) is 0.588. The highest BCUT2D eigenvalue weighted by atomic mass is 35.5. The van der Waals surface area contributed by atoms with Crippen molar-refractivity contribution in [2.45, 2.75) is 64.0 Å². The fourth-order valence-electron chi connectivity index (χ4n) is 3.03. The van der Waals surface area contributed by atoms with E-state index in [1.54, 1.807) is 18.2 Å². The molecule has 122 valence electrons. The maximum atomic E-state index is 12.4. The summed E-state index contributed by atoms with van der Waals surface area (Å²) in [6.07, 6.45) is 8.93. The van der Waals surface area contributed by atoms with Gasteiger partial charge in [-0.2, -0.15) is 0 Å². The van der Waals surface area contributed by atoms with Crippen molar-refractivity contribution in [1.29, 1.82) is 0 Å². The molecule has 1 fully saturated rings. The van der Waals surface area contributed by atoms with Crippen molar-refractivity contribution in [3.63, 3.8) is 0 Å². The van der Waals surface area contributed by atoms with Gasteiger partial charge in [0.25, 0.3) is 5.91 Å². The largest absolute Gasteiger partial charge is 0.334 e. The number of halogens is 2. The van der Waals surface area contributed by atoms with Crippen LogP contribution in [0.1, 0.15) is 51.9 Å². The molecule has 22 heavy (non-hydrogen) atoms. The topological polar surface area (TPSA) is 45.7 Å². The molecule has 3 N–H and O–H groups in total. The Labute approximate surface area is 142 Å². The molecule has 1 aliphatic rings. The number of carbonyl (C=O) groups excluding carboxylic acids is 1. The quantitative estimate of drug-likeness (QED) is 0.852. The average molecular weight is 344 g/mol. The van der Waals surface area contributed by atoms with E-state index >= 15 is 0 Å². The van der Waals surface area contributed by atoms with Gasteiger partial charge in [-0.1, -0.05) is 48.5 Å². The van der Waals surface area contributed by atoms with Crippen molar-refractivity contribution in [3.8, 4) is 0 Å². The molecule has 1 saturated carbocycles. The number of hydrogen-bond donors (Lipinski definition) is 2. The van der Waals surface area contributed by atoms with E-state index in [0.29, 0.717) is 21.8 Å². The molecule has 0 aromatic heterocycles. The molecular weight excluding hydrogens is 319 g/mol. The van der Waals surface area contributed by atoms with Gasteiger partial charge in [-0.25, -0.2) is 0 Å². The Bertz CT molecular complexity index is 479. The Morgan fingerprint density at radius 2 is 1.68 bits per heavy atom. The fourth-order valence-corrected chi connectivity index (χ4v) is 3.52. The molecule has 0 spiro atoms. The Kier molecular flexibility index (Phi) is 7.00. The number of benzene rings is 1. The van der Waals surface area contributed by atoms with Gasteiger partial charge in [-0.05, 0) is 44.7 Å². The summed E-state index contributed by atoms with van der Waals surface area (Å²) in [5.41, 5.74) is 0.508. The maximum Gasteiger partial charge on any atom is 0.282 e. The number of quaternary nitrogens is 1. The first-order valence-electron chi connectivity index (χ1n) is 8.18. The lowest BCUT2D eigenvalue weighted by molar-refractivity contribution is -0.707. The highest BCUT2D eigenvalue weighted by Crippen LogP contribution is 2.29. The number of carbonyl (C=O) groups is 1. The number of nitrogens with two attached hydrogens (primary N) is 1. The van der Waals surface area contributed by atoms with Gasteiger partial charge in [0.05, 0.1) is 21.8 Å². The summed E-state index contributed by atoms with van der Waals surface area (Å²) in [7, 11) is 0. The number of para-hydroxylation sites is 1. The summed E-state index contributed by atoms with van der Waals surface area (Å²) in [6.45, 7) is 1.94. The van der Waals surface area contributed by atoms with Crippen molar-refractivity contribution < 1.29 is 10.1 Å². The molecule has 0 aliphatic heterocycles. The molecular formula is C17H25Cl2N2O+. The molecule has 0 heterocycles. The Morgan fingerprint density at radius 1 is 1.14 bits per heavy atom. The SMILES string of the molecule is C[C@H]([NH2+]C1CCCCCCC1)C(=O)Nc1c(Cl)cccc1Cl. The molecule has 3 nitrogen and oxygen atoms in total. The normalized spacial score (nSPS) is 18.3. The van der Waals surface area contributed by atoms with Crippen LogP contribution in [0.5, 0.6) is 0 Å². The number of hydrogen-bond acceptors (Lipinski definition) is 1. The highest BCUT2D eigenvalue weighted by molar-refractivity contribution is 6.39. The number of amides is 1. The zero-order chi connectivity index (χ0) is 15.9. The van der Waals surface area contributed by atoms with E-state index in [1.165, 1.54) is 44.9 Å². The zero-order valence-corrected chi connectivity index (χ0v) is 14.6. The third-order valence-corrected chi connectivity index (χ3v) is 4.97. The Morgan fingerprint density at radius 3 is 2.27 bits per heavy atom. The minimum atomic E-state index is -0.142. The second-order valence-electron chi connectivity index (χ2n) is 6.17. The van der Waals surface area contributed by atoms with E-state index < -0.39 is 0 Å². The van der Waals surface area contributed by atoms with Gasteiger partial charge >= 0.3 is 0 Å². The molecule has 0 bridgehead atoms. The lowest BCUT2D eigenvalue weighted by atomic mass is 9.96. The summed E-state index contributed by atoms with van der Waals surface area (Å²) >= 11 is 12.2. The van der Waals surface area contributed by atoms with Crippen LogP contribution in [-0.2, 0) is 4.79 Å². The van der Waals surface area contributed by atoms with E-state index in [4.69, 9.17) is 23.2 Å². The summed E-state index contributed by atoms with van der Waals surface area (Å²) in [6, 6.07) is 5.63. The standard InChI is InChI=1S/C17H24Cl2N2O/c1-12(20-13-8-5-3-2-4-6-9-13)17(22)21-16-14(18)10-7-11-15(16)19/h7,10-13,20H,2-6,8-9H2,1H3,(H,21,22)/p+1/t12-/m0/s1. The summed E-state index contributed by atoms with van der Waals surface area (Å²) in [5, 5.41) is 6.00. The minimum absolute atomic E-state index is 0.0444. The molecule has 1 atom stereocenters. The molecule has 0 unspecified atom stereocenters. The average Bonchev–Trinajstić information content (AvgIpc) is 2.45. The van der Waals surface area contributed by atoms with E-state index in [-0.39, 0.29) is 11.9 Å². The molecule has 1 aromatic carbocycles. The van der Waals surface area contributed by atoms with Crippen molar-refractivity contribution in [2.75, 3.05) is 5.32 Å².